The highest BCUT2D eigenvalue weighted by molar-refractivity contribution is 6.45. The highest BCUT2D eigenvalue weighted by Crippen LogP contribution is 2.31. The molecule has 0 atom stereocenters. The number of benzene rings is 1. The minimum atomic E-state index is -0.566. The topological polar surface area (TPSA) is 90.8 Å². The van der Waals surface area contributed by atoms with Crippen molar-refractivity contribution in [2.24, 2.45) is 5.10 Å². The van der Waals surface area contributed by atoms with Crippen LogP contribution in [0.2, 0.25) is 15.2 Å². The number of ether oxygens (including phenoxy) is 1. The number of carbonyl (C=O) groups is 1. The number of hydrazone groups is 1. The van der Waals surface area contributed by atoms with E-state index >= 15 is 0 Å². The van der Waals surface area contributed by atoms with Crippen LogP contribution in [0.15, 0.2) is 29.4 Å². The first-order chi connectivity index (χ1) is 12.3. The Morgan fingerprint density at radius 1 is 1.23 bits per heavy atom. The third kappa shape index (κ3) is 5.00. The number of nitrogen functional groups attached to an aromatic ring is 1. The van der Waals surface area contributed by atoms with Gasteiger partial charge in [0, 0.05) is 5.71 Å². The van der Waals surface area contributed by atoms with E-state index in [1.54, 1.807) is 7.11 Å². The molecule has 138 valence electrons. The maximum Gasteiger partial charge on any atom is 0.337 e. The predicted octanol–water partition coefficient (Wildman–Crippen LogP) is 3.79. The number of nitrogens with two attached hydrogens (primary N) is 1. The van der Waals surface area contributed by atoms with E-state index in [4.69, 9.17) is 45.3 Å². The van der Waals surface area contributed by atoms with Gasteiger partial charge in [-0.1, -0.05) is 35.3 Å². The number of rotatable bonds is 6. The second kappa shape index (κ2) is 9.07. The van der Waals surface area contributed by atoms with E-state index in [1.807, 2.05) is 31.2 Å². The third-order valence-corrected chi connectivity index (χ3v) is 4.80. The molecule has 0 radical (unpaired) electrons. The number of anilines is 1. The highest BCUT2D eigenvalue weighted by atomic mass is 35.5. The second-order valence-corrected chi connectivity index (χ2v) is 6.63. The number of aryl methyl sites for hydroxylation is 1. The van der Waals surface area contributed by atoms with Gasteiger partial charge in [0.25, 0.3) is 10.8 Å². The second-order valence-electron chi connectivity index (χ2n) is 5.49. The minimum Gasteiger partial charge on any atom is -0.497 e. The number of halogens is 3. The Kier molecular flexibility index (Phi) is 7.08. The van der Waals surface area contributed by atoms with Gasteiger partial charge < -0.3 is 10.5 Å². The quantitative estimate of drug-likeness (QED) is 0.426. The summed E-state index contributed by atoms with van der Waals surface area (Å²) < 4.78 is 5.12. The predicted molar refractivity (Wildman–Crippen MR) is 104 cm³/mol. The van der Waals surface area contributed by atoms with Crippen molar-refractivity contribution in [3.05, 3.63) is 50.7 Å². The van der Waals surface area contributed by atoms with Crippen molar-refractivity contribution in [3.8, 4) is 5.75 Å². The number of H-pyrrole nitrogens is 1. The van der Waals surface area contributed by atoms with Gasteiger partial charge in [-0.3, -0.25) is 4.79 Å². The summed E-state index contributed by atoms with van der Waals surface area (Å²) in [6, 6.07) is 7.77. The zero-order chi connectivity index (χ0) is 19.3. The molecule has 2 rings (SSSR count). The Bertz CT molecular complexity index is 839. The van der Waals surface area contributed by atoms with Gasteiger partial charge in [-0.05, 0) is 49.1 Å². The molecule has 1 amide bonds. The highest BCUT2D eigenvalue weighted by Gasteiger charge is 2.25. The van der Waals surface area contributed by atoms with E-state index in [9.17, 15) is 4.79 Å². The number of nitrogens with one attached hydrogen (secondary N) is 2. The molecule has 0 bridgehead atoms. The first kappa shape index (κ1) is 20.3. The molecule has 0 fully saturated rings. The summed E-state index contributed by atoms with van der Waals surface area (Å²) in [7, 11) is 1.62. The van der Waals surface area contributed by atoms with Crippen LogP contribution in [-0.2, 0) is 6.42 Å². The van der Waals surface area contributed by atoms with Crippen molar-refractivity contribution in [1.82, 2.24) is 5.43 Å². The van der Waals surface area contributed by atoms with E-state index in [0.717, 1.165) is 23.4 Å². The number of hydrogen-bond acceptors (Lipinski definition) is 4. The van der Waals surface area contributed by atoms with Gasteiger partial charge in [0.15, 0.2) is 0 Å². The molecule has 0 aliphatic carbocycles. The van der Waals surface area contributed by atoms with Gasteiger partial charge in [0.2, 0.25) is 0 Å². The van der Waals surface area contributed by atoms with Crippen molar-refractivity contribution in [1.29, 1.82) is 0 Å². The van der Waals surface area contributed by atoms with Crippen LogP contribution < -0.4 is 20.9 Å². The van der Waals surface area contributed by atoms with E-state index in [2.05, 4.69) is 15.5 Å². The molecule has 1 aromatic carbocycles. The van der Waals surface area contributed by atoms with Crippen LogP contribution in [0.4, 0.5) is 5.69 Å². The van der Waals surface area contributed by atoms with Gasteiger partial charge in [0.05, 0.1) is 12.8 Å². The number of pyridine rings is 1. The molecule has 0 aliphatic heterocycles. The number of hydrogen-bond donors (Lipinski definition) is 2. The maximum atomic E-state index is 12.2. The summed E-state index contributed by atoms with van der Waals surface area (Å²) in [6.45, 7) is 1.82. The van der Waals surface area contributed by atoms with Gasteiger partial charge in [-0.25, -0.2) is 5.43 Å². The summed E-state index contributed by atoms with van der Waals surface area (Å²) in [5.41, 5.74) is 10.0. The van der Waals surface area contributed by atoms with Crippen LogP contribution in [0.1, 0.15) is 29.4 Å². The number of nitrogens with zero attached hydrogens (tertiary/aromatic N) is 1. The Hall–Kier alpha value is -2.02. The molecular formula is C17H18Cl3N4O2+. The number of aromatic amines is 1. The average Bonchev–Trinajstić information content (AvgIpc) is 2.65. The summed E-state index contributed by atoms with van der Waals surface area (Å²) in [5.74, 6) is 0.240. The monoisotopic (exact) mass is 415 g/mol. The first-order valence-electron chi connectivity index (χ1n) is 7.65. The zero-order valence-electron chi connectivity index (χ0n) is 14.2. The van der Waals surface area contributed by atoms with E-state index in [0.29, 0.717) is 6.42 Å². The van der Waals surface area contributed by atoms with Crippen molar-refractivity contribution in [2.45, 2.75) is 19.8 Å². The van der Waals surface area contributed by atoms with E-state index in [1.165, 1.54) is 0 Å². The molecule has 9 heteroatoms. The van der Waals surface area contributed by atoms with Crippen LogP contribution in [0.25, 0.3) is 0 Å². The number of carbonyl (C=O) groups excluding carboxylic acids is 1. The zero-order valence-corrected chi connectivity index (χ0v) is 16.5. The fourth-order valence-electron chi connectivity index (χ4n) is 2.10. The lowest BCUT2D eigenvalue weighted by Gasteiger charge is -2.05. The van der Waals surface area contributed by atoms with Crippen LogP contribution >= 0.6 is 34.8 Å². The van der Waals surface area contributed by atoms with Crippen molar-refractivity contribution < 1.29 is 14.5 Å². The molecule has 1 aromatic heterocycles. The molecule has 1 heterocycles. The molecule has 0 aliphatic rings. The summed E-state index contributed by atoms with van der Waals surface area (Å²) in [4.78, 5) is 14.8. The normalized spacial score (nSPS) is 11.3. The van der Waals surface area contributed by atoms with Crippen molar-refractivity contribution in [3.63, 3.8) is 0 Å². The number of amides is 1. The Labute approximate surface area is 166 Å². The van der Waals surface area contributed by atoms with Gasteiger partial charge >= 0.3 is 5.91 Å². The van der Waals surface area contributed by atoms with Gasteiger partial charge in [0.1, 0.15) is 15.8 Å². The molecule has 0 saturated heterocycles. The number of methoxy groups -OCH3 is 1. The lowest BCUT2D eigenvalue weighted by Crippen LogP contribution is -2.28. The lowest BCUT2D eigenvalue weighted by atomic mass is 10.1. The standard InChI is InChI=1S/C17H17Cl3N4O2/c1-9(3-4-10-5-7-11(26-2)8-6-10)23-24-17(25)15-12(18)14(21)13(19)16(20)22-15/h5-8H,3-4H2,1-2H3,(H2,21,22)(H,24,25)/p+1/b23-9+. The largest absolute Gasteiger partial charge is 0.497 e. The van der Waals surface area contributed by atoms with Crippen LogP contribution in [0, 0.1) is 0 Å². The van der Waals surface area contributed by atoms with Crippen LogP contribution in [0.5, 0.6) is 5.75 Å². The van der Waals surface area contributed by atoms with E-state index < -0.39 is 5.91 Å². The fourth-order valence-corrected chi connectivity index (χ4v) is 2.71. The fraction of sp³-hybridized carbons (Fsp3) is 0.235. The Morgan fingerprint density at radius 2 is 1.88 bits per heavy atom. The van der Waals surface area contributed by atoms with Crippen LogP contribution in [-0.4, -0.2) is 18.7 Å². The smallest absolute Gasteiger partial charge is 0.337 e. The molecule has 0 unspecified atom stereocenters. The van der Waals surface area contributed by atoms with Gasteiger partial charge in [-0.15, -0.1) is 0 Å². The molecule has 6 nitrogen and oxygen atoms in total. The molecule has 0 spiro atoms. The molecule has 2 aromatic rings. The third-order valence-electron chi connectivity index (χ3n) is 3.63. The summed E-state index contributed by atoms with van der Waals surface area (Å²) >= 11 is 17.8. The van der Waals surface area contributed by atoms with Crippen LogP contribution in [0.3, 0.4) is 0 Å². The minimum absolute atomic E-state index is 0.00901. The summed E-state index contributed by atoms with van der Waals surface area (Å²) in [6.07, 6.45) is 1.45. The van der Waals surface area contributed by atoms with Crippen molar-refractivity contribution >= 4 is 52.1 Å². The first-order valence-corrected chi connectivity index (χ1v) is 8.78. The molecule has 26 heavy (non-hydrogen) atoms. The Morgan fingerprint density at radius 3 is 2.50 bits per heavy atom. The molecule has 4 N–H and O–H groups in total. The molecule has 0 saturated carbocycles. The summed E-state index contributed by atoms with van der Waals surface area (Å²) in [5, 5.41) is 4.15. The SMILES string of the molecule is COc1ccc(CC/C(C)=N/NC(=O)c2[nH+]c(Cl)c(Cl)c(N)c2Cl)cc1. The Balaban J connectivity index is 1.98. The van der Waals surface area contributed by atoms with Gasteiger partial charge in [-0.2, -0.15) is 10.1 Å². The molecular weight excluding hydrogens is 399 g/mol. The average molecular weight is 417 g/mol. The van der Waals surface area contributed by atoms with Crippen molar-refractivity contribution in [2.75, 3.05) is 12.8 Å². The lowest BCUT2D eigenvalue weighted by molar-refractivity contribution is -0.379. The number of aromatic nitrogens is 1. The maximum absolute atomic E-state index is 12.2. The van der Waals surface area contributed by atoms with E-state index in [-0.39, 0.29) is 26.6 Å².